The van der Waals surface area contributed by atoms with Crippen molar-refractivity contribution in [1.29, 1.82) is 0 Å². The maximum absolute atomic E-state index is 5.39. The minimum absolute atomic E-state index is 0.0128. The second-order valence-electron chi connectivity index (χ2n) is 14.2. The van der Waals surface area contributed by atoms with Crippen LogP contribution in [0.25, 0.3) is 11.1 Å². The number of hydrogen-bond acceptors (Lipinski definition) is 5. The molecule has 0 N–H and O–H groups in total. The lowest BCUT2D eigenvalue weighted by Crippen LogP contribution is -2.35. The van der Waals surface area contributed by atoms with Gasteiger partial charge in [-0.25, -0.2) is 9.97 Å². The first kappa shape index (κ1) is 28.8. The Morgan fingerprint density at radius 2 is 1.67 bits per heavy atom. The lowest BCUT2D eigenvalue weighted by Gasteiger charge is -2.33. The first-order chi connectivity index (χ1) is 24.3. The molecule has 49 heavy (non-hydrogen) atoms. The van der Waals surface area contributed by atoms with Gasteiger partial charge >= 0.3 is 0 Å². The zero-order valence-corrected chi connectivity index (χ0v) is 27.6. The van der Waals surface area contributed by atoms with Crippen LogP contribution < -0.4 is 0 Å². The lowest BCUT2D eigenvalue weighted by atomic mass is 9.72. The Bertz CT molecular complexity index is 2140. The second kappa shape index (κ2) is 11.8. The van der Waals surface area contributed by atoms with Gasteiger partial charge in [-0.2, -0.15) is 0 Å². The highest BCUT2D eigenvalue weighted by Crippen LogP contribution is 2.44. The topological polar surface area (TPSA) is 53.7 Å². The highest BCUT2D eigenvalue weighted by molar-refractivity contribution is 6.15. The largest absolute Gasteiger partial charge is 0.308 e. The van der Waals surface area contributed by atoms with Gasteiger partial charge in [0.1, 0.15) is 11.9 Å². The van der Waals surface area contributed by atoms with Crippen LogP contribution in [0.4, 0.5) is 0 Å². The fourth-order valence-electron chi connectivity index (χ4n) is 8.96. The fourth-order valence-corrected chi connectivity index (χ4v) is 8.96. The van der Waals surface area contributed by atoms with E-state index in [0.717, 1.165) is 73.7 Å². The van der Waals surface area contributed by atoms with Crippen LogP contribution in [-0.2, 0) is 0 Å². The van der Waals surface area contributed by atoms with E-state index in [-0.39, 0.29) is 18.1 Å². The van der Waals surface area contributed by atoms with Crippen molar-refractivity contribution in [3.63, 3.8) is 0 Å². The minimum atomic E-state index is -0.0530. The van der Waals surface area contributed by atoms with Crippen molar-refractivity contribution in [2.24, 2.45) is 21.8 Å². The highest BCUT2D eigenvalue weighted by Gasteiger charge is 2.41. The zero-order valence-electron chi connectivity index (χ0n) is 27.6. The number of benzene rings is 1. The van der Waals surface area contributed by atoms with Crippen LogP contribution in [0.1, 0.15) is 85.2 Å². The molecule has 0 bridgehead atoms. The molecule has 0 fully saturated rings. The summed E-state index contributed by atoms with van der Waals surface area (Å²) in [5.41, 5.74) is 12.5. The van der Waals surface area contributed by atoms with Crippen LogP contribution in [0.5, 0.6) is 0 Å². The van der Waals surface area contributed by atoms with E-state index in [1.165, 1.54) is 33.4 Å². The molecular weight excluding hydrogens is 599 g/mol. The van der Waals surface area contributed by atoms with E-state index in [2.05, 4.69) is 126 Å². The third-order valence-electron chi connectivity index (χ3n) is 11.4. The molecule has 2 aromatic rings. The summed E-state index contributed by atoms with van der Waals surface area (Å²) >= 11 is 0. The van der Waals surface area contributed by atoms with Crippen LogP contribution in [0, 0.1) is 11.8 Å². The van der Waals surface area contributed by atoms with Crippen molar-refractivity contribution in [2.75, 3.05) is 0 Å². The van der Waals surface area contributed by atoms with Crippen LogP contribution in [0.15, 0.2) is 148 Å². The van der Waals surface area contributed by atoms with Crippen LogP contribution in [0.3, 0.4) is 0 Å². The molecule has 0 spiro atoms. The Labute approximate surface area is 288 Å². The van der Waals surface area contributed by atoms with Gasteiger partial charge in [-0.1, -0.05) is 103 Å². The summed E-state index contributed by atoms with van der Waals surface area (Å²) in [4.78, 5) is 23.4. The third-order valence-corrected chi connectivity index (χ3v) is 11.4. The van der Waals surface area contributed by atoms with E-state index < -0.39 is 0 Å². The molecule has 5 unspecified atom stereocenters. The molecule has 5 atom stereocenters. The Morgan fingerprint density at radius 1 is 0.776 bits per heavy atom. The number of amidine groups is 1. The van der Waals surface area contributed by atoms with Crippen LogP contribution in [-0.4, -0.2) is 32.6 Å². The zero-order chi connectivity index (χ0) is 32.3. The molecular formula is C44H39N5. The van der Waals surface area contributed by atoms with Crippen molar-refractivity contribution >= 4 is 22.7 Å². The number of rotatable bonds is 4. The number of fused-ring (bicyclic) bond motifs is 6. The highest BCUT2D eigenvalue weighted by atomic mass is 15.3. The Hall–Kier alpha value is -5.16. The van der Waals surface area contributed by atoms with Gasteiger partial charge in [0.15, 0.2) is 12.0 Å². The molecule has 4 heterocycles. The molecule has 0 saturated carbocycles. The van der Waals surface area contributed by atoms with E-state index in [0.29, 0.717) is 11.8 Å². The average molecular weight is 638 g/mol. The molecule has 5 heteroatoms. The van der Waals surface area contributed by atoms with Gasteiger partial charge in [0.2, 0.25) is 0 Å². The smallest absolute Gasteiger partial charge is 0.156 e. The number of nitrogens with zero attached hydrogens (tertiary/aromatic N) is 5. The van der Waals surface area contributed by atoms with E-state index in [4.69, 9.17) is 20.0 Å². The first-order valence-electron chi connectivity index (χ1n) is 18.1. The molecule has 0 saturated heterocycles. The van der Waals surface area contributed by atoms with Gasteiger partial charge in [0, 0.05) is 23.3 Å². The quantitative estimate of drug-likeness (QED) is 0.314. The number of aliphatic imine (C=N–C) groups is 2. The van der Waals surface area contributed by atoms with Gasteiger partial charge in [-0.3, -0.25) is 9.98 Å². The van der Waals surface area contributed by atoms with Gasteiger partial charge in [-0.15, -0.1) is 0 Å². The Kier molecular flexibility index (Phi) is 6.92. The van der Waals surface area contributed by atoms with E-state index in [1.807, 2.05) is 0 Å². The SMILES string of the molecule is C1=CC2=NC3c4ccccc4C(C4=CC=C(c5nc(C6=CCCC7=C6C=CCC7)cc(C6C=CCC7C=CC=CC76)n5)CC4)=NC3N2C=C1. The molecule has 5 aliphatic carbocycles. The van der Waals surface area contributed by atoms with Gasteiger partial charge in [0.05, 0.1) is 17.1 Å². The second-order valence-corrected chi connectivity index (χ2v) is 14.2. The predicted molar refractivity (Wildman–Crippen MR) is 199 cm³/mol. The minimum Gasteiger partial charge on any atom is -0.308 e. The maximum Gasteiger partial charge on any atom is 0.156 e. The van der Waals surface area contributed by atoms with Gasteiger partial charge < -0.3 is 4.90 Å². The average Bonchev–Trinajstić information content (AvgIpc) is 3.56. The van der Waals surface area contributed by atoms with Gasteiger partial charge in [0.25, 0.3) is 0 Å². The lowest BCUT2D eigenvalue weighted by molar-refractivity contribution is 0.393. The summed E-state index contributed by atoms with van der Waals surface area (Å²) in [7, 11) is 0. The fraction of sp³-hybridized carbons (Fsp3) is 0.273. The Balaban J connectivity index is 1.05. The summed E-state index contributed by atoms with van der Waals surface area (Å²) in [6, 6.07) is 11.0. The normalized spacial score (nSPS) is 28.9. The van der Waals surface area contributed by atoms with Crippen molar-refractivity contribution in [1.82, 2.24) is 14.9 Å². The number of allylic oxidation sites excluding steroid dienone is 18. The monoisotopic (exact) mass is 637 g/mol. The molecule has 0 radical (unpaired) electrons. The summed E-state index contributed by atoms with van der Waals surface area (Å²) in [6.07, 6.45) is 41.2. The molecule has 10 rings (SSSR count). The molecule has 5 nitrogen and oxygen atoms in total. The van der Waals surface area contributed by atoms with E-state index in [1.54, 1.807) is 5.57 Å². The number of aromatic nitrogens is 2. The first-order valence-corrected chi connectivity index (χ1v) is 18.1. The summed E-state index contributed by atoms with van der Waals surface area (Å²) in [5, 5.41) is 0. The Morgan fingerprint density at radius 3 is 2.63 bits per heavy atom. The molecule has 240 valence electrons. The van der Waals surface area contributed by atoms with Crippen molar-refractivity contribution in [3.05, 3.63) is 167 Å². The maximum atomic E-state index is 5.39. The predicted octanol–water partition coefficient (Wildman–Crippen LogP) is 9.47. The number of hydrogen-bond donors (Lipinski definition) is 0. The molecule has 0 amide bonds. The summed E-state index contributed by atoms with van der Waals surface area (Å²) in [6.45, 7) is 0. The van der Waals surface area contributed by atoms with Gasteiger partial charge in [-0.05, 0) is 97.3 Å². The third kappa shape index (κ3) is 4.89. The molecule has 8 aliphatic rings. The standard InChI is InChI=1S/C44H39N5/c1-3-15-32-28(11-1)13-9-19-34(32)38-27-39(35-20-10-14-29-12-2-4-16-33(29)35)46-43(45-38)31-24-22-30(23-25-31)41-36-17-5-6-18-37(36)42-44(48-41)49-26-8-7-21-40(49)47-42/h1,3-9,11,15-22,24,26-28,32,34,42,44H,2,10,12-14,23,25H2. The van der Waals surface area contributed by atoms with Crippen molar-refractivity contribution < 1.29 is 0 Å². The van der Waals surface area contributed by atoms with Crippen LogP contribution in [0.2, 0.25) is 0 Å². The molecule has 1 aromatic heterocycles. The molecule has 3 aliphatic heterocycles. The van der Waals surface area contributed by atoms with Crippen LogP contribution >= 0.6 is 0 Å². The summed E-state index contributed by atoms with van der Waals surface area (Å²) < 4.78 is 0. The molecule has 1 aromatic carbocycles. The van der Waals surface area contributed by atoms with E-state index >= 15 is 0 Å². The van der Waals surface area contributed by atoms with Crippen molar-refractivity contribution in [3.8, 4) is 0 Å². The summed E-state index contributed by atoms with van der Waals surface area (Å²) in [5.74, 6) is 3.02. The van der Waals surface area contributed by atoms with E-state index in [9.17, 15) is 0 Å². The van der Waals surface area contributed by atoms with Crippen molar-refractivity contribution in [2.45, 2.75) is 63.1 Å².